The van der Waals surface area contributed by atoms with Crippen molar-refractivity contribution >= 4 is 21.7 Å². The van der Waals surface area contributed by atoms with Crippen LogP contribution in [0, 0.1) is 6.92 Å². The van der Waals surface area contributed by atoms with Crippen LogP contribution in [0.25, 0.3) is 0 Å². The second-order valence-corrected chi connectivity index (χ2v) is 8.16. The average molecular weight is 359 g/mol. The van der Waals surface area contributed by atoms with Crippen LogP contribution in [0.1, 0.15) is 55.7 Å². The number of H-pyrrole nitrogens is 1. The van der Waals surface area contributed by atoms with E-state index in [1.54, 1.807) is 6.92 Å². The number of aromatic nitrogens is 2. The number of carboxylic acid groups (broad SMARTS) is 1. The monoisotopic (exact) mass is 359 g/mol. The van der Waals surface area contributed by atoms with E-state index in [0.717, 1.165) is 0 Å². The van der Waals surface area contributed by atoms with Gasteiger partial charge in [-0.25, -0.2) is 13.2 Å². The molecule has 9 heteroatoms. The van der Waals surface area contributed by atoms with Gasteiger partial charge >= 0.3 is 5.97 Å². The molecule has 136 valence electrons. The number of carbonyl (C=O) groups excluding carboxylic acids is 1. The van der Waals surface area contributed by atoms with Gasteiger partial charge in [-0.1, -0.05) is 26.7 Å². The summed E-state index contributed by atoms with van der Waals surface area (Å²) in [5, 5.41) is 17.2. The standard InChI is InChI=1S/C15H25N3O5S/c1-4-6-11(7-5-2)24(22,23)9-13(15(20)21)16-14(19)12-8-10(3)17-18-12/h8,11,13H,4-7,9H2,1-3H3,(H,16,19)(H,17,18)(H,20,21)/t13-/m0/s1. The van der Waals surface area contributed by atoms with E-state index in [9.17, 15) is 23.1 Å². The van der Waals surface area contributed by atoms with Crippen LogP contribution >= 0.6 is 0 Å². The quantitative estimate of drug-likeness (QED) is 0.577. The van der Waals surface area contributed by atoms with Gasteiger partial charge in [0, 0.05) is 5.69 Å². The Morgan fingerprint density at radius 2 is 1.88 bits per heavy atom. The number of carbonyl (C=O) groups is 2. The number of sulfone groups is 1. The molecule has 0 aromatic carbocycles. The minimum Gasteiger partial charge on any atom is -0.480 e. The number of aliphatic carboxylic acids is 1. The third-order valence-corrected chi connectivity index (χ3v) is 5.96. The maximum atomic E-state index is 12.5. The number of aromatic amines is 1. The summed E-state index contributed by atoms with van der Waals surface area (Å²) in [5.74, 6) is -2.72. The molecule has 1 aromatic rings. The molecule has 24 heavy (non-hydrogen) atoms. The molecule has 3 N–H and O–H groups in total. The van der Waals surface area contributed by atoms with Crippen LogP contribution in [0.3, 0.4) is 0 Å². The molecular weight excluding hydrogens is 334 g/mol. The smallest absolute Gasteiger partial charge is 0.327 e. The van der Waals surface area contributed by atoms with Crippen molar-refractivity contribution in [2.75, 3.05) is 5.75 Å². The number of hydrogen-bond donors (Lipinski definition) is 3. The van der Waals surface area contributed by atoms with E-state index in [4.69, 9.17) is 0 Å². The van der Waals surface area contributed by atoms with Crippen molar-refractivity contribution in [3.8, 4) is 0 Å². The van der Waals surface area contributed by atoms with Gasteiger partial charge in [0.1, 0.15) is 11.7 Å². The summed E-state index contributed by atoms with van der Waals surface area (Å²) in [6, 6.07) is -0.0459. The van der Waals surface area contributed by atoms with Crippen molar-refractivity contribution < 1.29 is 23.1 Å². The van der Waals surface area contributed by atoms with Gasteiger partial charge in [0.25, 0.3) is 5.91 Å². The first-order valence-electron chi connectivity index (χ1n) is 7.98. The first-order valence-corrected chi connectivity index (χ1v) is 9.70. The first kappa shape index (κ1) is 20.1. The second kappa shape index (κ2) is 8.81. The molecule has 0 unspecified atom stereocenters. The van der Waals surface area contributed by atoms with Crippen LogP contribution in [0.5, 0.6) is 0 Å². The van der Waals surface area contributed by atoms with Crippen molar-refractivity contribution in [3.05, 3.63) is 17.5 Å². The zero-order valence-corrected chi connectivity index (χ0v) is 15.0. The number of nitrogens with one attached hydrogen (secondary N) is 2. The van der Waals surface area contributed by atoms with Crippen LogP contribution < -0.4 is 5.32 Å². The lowest BCUT2D eigenvalue weighted by molar-refractivity contribution is -0.138. The van der Waals surface area contributed by atoms with E-state index in [1.807, 2.05) is 13.8 Å². The average Bonchev–Trinajstić information content (AvgIpc) is 2.92. The van der Waals surface area contributed by atoms with Gasteiger partial charge in [-0.3, -0.25) is 9.89 Å². The van der Waals surface area contributed by atoms with E-state index < -0.39 is 38.8 Å². The molecule has 1 amide bonds. The fourth-order valence-corrected chi connectivity index (χ4v) is 4.61. The summed E-state index contributed by atoms with van der Waals surface area (Å²) in [4.78, 5) is 23.4. The van der Waals surface area contributed by atoms with Crippen LogP contribution in [-0.4, -0.2) is 52.6 Å². The zero-order valence-electron chi connectivity index (χ0n) is 14.2. The highest BCUT2D eigenvalue weighted by molar-refractivity contribution is 7.92. The number of carboxylic acids is 1. The molecule has 0 saturated carbocycles. The number of amides is 1. The summed E-state index contributed by atoms with van der Waals surface area (Å²) < 4.78 is 25.0. The molecule has 0 aliphatic rings. The second-order valence-electron chi connectivity index (χ2n) is 5.83. The Balaban J connectivity index is 2.88. The Kier molecular flexibility index (Phi) is 7.40. The largest absolute Gasteiger partial charge is 0.480 e. The molecule has 0 saturated heterocycles. The van der Waals surface area contributed by atoms with E-state index in [-0.39, 0.29) is 5.69 Å². The minimum absolute atomic E-state index is 0.0230. The van der Waals surface area contributed by atoms with Crippen molar-refractivity contribution in [1.82, 2.24) is 15.5 Å². The van der Waals surface area contributed by atoms with Crippen LogP contribution in [-0.2, 0) is 14.6 Å². The van der Waals surface area contributed by atoms with Gasteiger partial charge < -0.3 is 10.4 Å². The van der Waals surface area contributed by atoms with Crippen molar-refractivity contribution in [2.45, 2.75) is 57.7 Å². The Labute approximate surface area is 142 Å². The van der Waals surface area contributed by atoms with Gasteiger partial charge in [-0.05, 0) is 25.8 Å². The lowest BCUT2D eigenvalue weighted by atomic mass is 10.2. The molecule has 8 nitrogen and oxygen atoms in total. The number of rotatable bonds is 10. The molecule has 0 radical (unpaired) electrons. The molecule has 1 rings (SSSR count). The van der Waals surface area contributed by atoms with Crippen molar-refractivity contribution in [3.63, 3.8) is 0 Å². The number of aryl methyl sites for hydroxylation is 1. The predicted molar refractivity (Wildman–Crippen MR) is 89.6 cm³/mol. The first-order chi connectivity index (χ1) is 11.2. The predicted octanol–water partition coefficient (Wildman–Crippen LogP) is 1.28. The van der Waals surface area contributed by atoms with Crippen LogP contribution in [0.2, 0.25) is 0 Å². The number of nitrogens with zero attached hydrogens (tertiary/aromatic N) is 1. The highest BCUT2D eigenvalue weighted by atomic mass is 32.2. The van der Waals surface area contributed by atoms with Gasteiger partial charge in [0.05, 0.1) is 11.0 Å². The third-order valence-electron chi connectivity index (χ3n) is 3.67. The topological polar surface area (TPSA) is 129 Å². The van der Waals surface area contributed by atoms with E-state index in [0.29, 0.717) is 31.4 Å². The van der Waals surface area contributed by atoms with Gasteiger partial charge in [0.15, 0.2) is 9.84 Å². The fourth-order valence-electron chi connectivity index (χ4n) is 2.46. The molecule has 0 aliphatic carbocycles. The lowest BCUT2D eigenvalue weighted by Gasteiger charge is -2.20. The molecule has 0 fully saturated rings. The van der Waals surface area contributed by atoms with Crippen molar-refractivity contribution in [1.29, 1.82) is 0 Å². The number of hydrogen-bond acceptors (Lipinski definition) is 5. The maximum Gasteiger partial charge on any atom is 0.327 e. The summed E-state index contributed by atoms with van der Waals surface area (Å²) in [6.07, 6.45) is 2.35. The van der Waals surface area contributed by atoms with Crippen LogP contribution in [0.4, 0.5) is 0 Å². The van der Waals surface area contributed by atoms with Gasteiger partial charge in [0.2, 0.25) is 0 Å². The molecule has 0 spiro atoms. The third kappa shape index (κ3) is 5.63. The minimum atomic E-state index is -3.64. The summed E-state index contributed by atoms with van der Waals surface area (Å²) >= 11 is 0. The molecule has 1 atom stereocenters. The summed E-state index contributed by atoms with van der Waals surface area (Å²) in [5.41, 5.74) is 0.667. The zero-order chi connectivity index (χ0) is 18.3. The van der Waals surface area contributed by atoms with Gasteiger partial charge in [-0.15, -0.1) is 0 Å². The van der Waals surface area contributed by atoms with E-state index >= 15 is 0 Å². The Hall–Kier alpha value is -1.90. The SMILES string of the molecule is CCCC(CCC)S(=O)(=O)C[C@H](NC(=O)c1cc(C)[nH]n1)C(=O)O. The fraction of sp³-hybridized carbons (Fsp3) is 0.667. The summed E-state index contributed by atoms with van der Waals surface area (Å²) in [6.45, 7) is 5.46. The molecule has 0 bridgehead atoms. The van der Waals surface area contributed by atoms with Crippen molar-refractivity contribution in [2.24, 2.45) is 0 Å². The van der Waals surface area contributed by atoms with E-state index in [1.165, 1.54) is 6.07 Å². The highest BCUT2D eigenvalue weighted by Crippen LogP contribution is 2.17. The molecule has 1 aromatic heterocycles. The Bertz CT molecular complexity index is 662. The lowest BCUT2D eigenvalue weighted by Crippen LogP contribution is -2.47. The summed E-state index contributed by atoms with van der Waals surface area (Å²) in [7, 11) is -3.64. The molecule has 1 heterocycles. The molecular formula is C15H25N3O5S. The van der Waals surface area contributed by atoms with E-state index in [2.05, 4.69) is 15.5 Å². The molecule has 0 aliphatic heterocycles. The normalized spacial score (nSPS) is 13.0. The van der Waals surface area contributed by atoms with Gasteiger partial charge in [-0.2, -0.15) is 5.10 Å². The highest BCUT2D eigenvalue weighted by Gasteiger charge is 2.32. The Morgan fingerprint density at radius 3 is 2.29 bits per heavy atom. The maximum absolute atomic E-state index is 12.5. The van der Waals surface area contributed by atoms with Crippen LogP contribution in [0.15, 0.2) is 6.07 Å². The Morgan fingerprint density at radius 1 is 1.29 bits per heavy atom.